The van der Waals surface area contributed by atoms with Crippen LogP contribution in [-0.4, -0.2) is 15.8 Å². The highest BCUT2D eigenvalue weighted by Crippen LogP contribution is 2.04. The van der Waals surface area contributed by atoms with E-state index < -0.39 is 0 Å². The quantitative estimate of drug-likeness (QED) is 0.803. The van der Waals surface area contributed by atoms with Crippen LogP contribution >= 0.6 is 0 Å². The second-order valence-corrected chi connectivity index (χ2v) is 5.38. The summed E-state index contributed by atoms with van der Waals surface area (Å²) >= 11 is 0. The maximum absolute atomic E-state index is 4.36. The zero-order valence-electron chi connectivity index (χ0n) is 11.2. The Balaban J connectivity index is 2.40. The topological polar surface area (TPSA) is 29.9 Å². The smallest absolute Gasteiger partial charge is 0.0534 e. The van der Waals surface area contributed by atoms with Gasteiger partial charge in [-0.25, -0.2) is 0 Å². The fraction of sp³-hybridized carbons (Fsp3) is 0.769. The van der Waals surface area contributed by atoms with Crippen molar-refractivity contribution in [2.75, 3.05) is 0 Å². The first-order chi connectivity index (χ1) is 7.49. The molecule has 0 fully saturated rings. The van der Waals surface area contributed by atoms with E-state index >= 15 is 0 Å². The second-order valence-electron chi connectivity index (χ2n) is 5.38. The van der Waals surface area contributed by atoms with Crippen molar-refractivity contribution in [2.24, 2.45) is 11.8 Å². The Morgan fingerprint density at radius 3 is 2.50 bits per heavy atom. The molecule has 1 aromatic heterocycles. The lowest BCUT2D eigenvalue weighted by molar-refractivity contribution is 0.426. The van der Waals surface area contributed by atoms with Crippen molar-refractivity contribution < 1.29 is 0 Å². The molecule has 0 saturated carbocycles. The van der Waals surface area contributed by atoms with Crippen LogP contribution < -0.4 is 5.32 Å². The molecule has 16 heavy (non-hydrogen) atoms. The van der Waals surface area contributed by atoms with Crippen molar-refractivity contribution in [2.45, 2.75) is 53.8 Å². The third kappa shape index (κ3) is 4.35. The maximum Gasteiger partial charge on any atom is 0.0534 e. The number of nitrogens with one attached hydrogen (secondary N) is 1. The molecule has 3 nitrogen and oxygen atoms in total. The molecule has 0 aliphatic heterocycles. The van der Waals surface area contributed by atoms with Crippen molar-refractivity contribution in [3.8, 4) is 0 Å². The zero-order chi connectivity index (χ0) is 12.1. The average Bonchev–Trinajstić information content (AvgIpc) is 2.60. The normalized spacial score (nSPS) is 13.7. The molecule has 1 aromatic rings. The van der Waals surface area contributed by atoms with Gasteiger partial charge < -0.3 is 5.32 Å². The van der Waals surface area contributed by atoms with E-state index in [2.05, 4.69) is 51.2 Å². The molecule has 1 N–H and O–H groups in total. The SMILES string of the molecule is CC(C)Cn1cc(CNC(C)C(C)C)cn1. The summed E-state index contributed by atoms with van der Waals surface area (Å²) in [7, 11) is 0. The molecule has 0 bridgehead atoms. The van der Waals surface area contributed by atoms with Crippen LogP contribution in [-0.2, 0) is 13.1 Å². The van der Waals surface area contributed by atoms with Crippen LogP contribution in [0.25, 0.3) is 0 Å². The summed E-state index contributed by atoms with van der Waals surface area (Å²) in [5.41, 5.74) is 1.27. The predicted octanol–water partition coefficient (Wildman–Crippen LogP) is 2.67. The third-order valence-electron chi connectivity index (χ3n) is 2.87. The van der Waals surface area contributed by atoms with Gasteiger partial charge in [0.1, 0.15) is 0 Å². The minimum absolute atomic E-state index is 0.549. The van der Waals surface area contributed by atoms with Crippen molar-refractivity contribution in [3.05, 3.63) is 18.0 Å². The molecule has 0 radical (unpaired) electrons. The number of rotatable bonds is 6. The molecule has 1 atom stereocenters. The zero-order valence-corrected chi connectivity index (χ0v) is 11.2. The molecule has 3 heteroatoms. The minimum Gasteiger partial charge on any atom is -0.310 e. The summed E-state index contributed by atoms with van der Waals surface area (Å²) in [6, 6.07) is 0.549. The molecular weight excluding hydrogens is 198 g/mol. The maximum atomic E-state index is 4.36. The van der Waals surface area contributed by atoms with Gasteiger partial charge in [0.05, 0.1) is 6.20 Å². The summed E-state index contributed by atoms with van der Waals surface area (Å²) < 4.78 is 2.03. The molecule has 0 amide bonds. The van der Waals surface area contributed by atoms with E-state index in [4.69, 9.17) is 0 Å². The highest BCUT2D eigenvalue weighted by molar-refractivity contribution is 5.03. The fourth-order valence-corrected chi connectivity index (χ4v) is 1.49. The van der Waals surface area contributed by atoms with Crippen LogP contribution in [0.3, 0.4) is 0 Å². The summed E-state index contributed by atoms with van der Waals surface area (Å²) in [6.07, 6.45) is 4.10. The second kappa shape index (κ2) is 6.04. The van der Waals surface area contributed by atoms with E-state index in [0.717, 1.165) is 13.1 Å². The molecule has 0 aromatic carbocycles. The van der Waals surface area contributed by atoms with Crippen LogP contribution in [0, 0.1) is 11.8 Å². The number of aromatic nitrogens is 2. The predicted molar refractivity (Wildman–Crippen MR) is 68.2 cm³/mol. The van der Waals surface area contributed by atoms with Crippen molar-refractivity contribution in [3.63, 3.8) is 0 Å². The molecule has 1 rings (SSSR count). The third-order valence-corrected chi connectivity index (χ3v) is 2.87. The highest BCUT2D eigenvalue weighted by Gasteiger charge is 2.07. The molecule has 0 spiro atoms. The Hall–Kier alpha value is -0.830. The lowest BCUT2D eigenvalue weighted by Gasteiger charge is -2.16. The molecule has 0 aliphatic rings. The summed E-state index contributed by atoms with van der Waals surface area (Å²) in [4.78, 5) is 0. The van der Waals surface area contributed by atoms with Crippen molar-refractivity contribution in [1.82, 2.24) is 15.1 Å². The molecule has 0 saturated heterocycles. The summed E-state index contributed by atoms with van der Waals surface area (Å²) in [5, 5.41) is 7.87. The van der Waals surface area contributed by atoms with Gasteiger partial charge >= 0.3 is 0 Å². The van der Waals surface area contributed by atoms with Gasteiger partial charge in [-0.1, -0.05) is 27.7 Å². The van der Waals surface area contributed by atoms with E-state index in [1.807, 2.05) is 10.9 Å². The van der Waals surface area contributed by atoms with E-state index in [-0.39, 0.29) is 0 Å². The lowest BCUT2D eigenvalue weighted by Crippen LogP contribution is -2.30. The van der Waals surface area contributed by atoms with Gasteiger partial charge in [0, 0.05) is 30.9 Å². The molecule has 1 heterocycles. The van der Waals surface area contributed by atoms with Crippen LogP contribution in [0.2, 0.25) is 0 Å². The standard InChI is InChI=1S/C13H25N3/c1-10(2)8-16-9-13(7-15-16)6-14-12(5)11(3)4/h7,9-12,14H,6,8H2,1-5H3. The van der Waals surface area contributed by atoms with Crippen molar-refractivity contribution in [1.29, 1.82) is 0 Å². The Bertz CT molecular complexity index is 302. The van der Waals surface area contributed by atoms with Gasteiger partial charge in [0.25, 0.3) is 0 Å². The molecular formula is C13H25N3. The van der Waals surface area contributed by atoms with E-state index in [1.54, 1.807) is 0 Å². The summed E-state index contributed by atoms with van der Waals surface area (Å²) in [5.74, 6) is 1.32. The van der Waals surface area contributed by atoms with Crippen LogP contribution in [0.5, 0.6) is 0 Å². The van der Waals surface area contributed by atoms with Gasteiger partial charge in [0.2, 0.25) is 0 Å². The van der Waals surface area contributed by atoms with Gasteiger partial charge in [-0.2, -0.15) is 5.10 Å². The van der Waals surface area contributed by atoms with Crippen LogP contribution in [0.15, 0.2) is 12.4 Å². The Morgan fingerprint density at radius 1 is 1.25 bits per heavy atom. The first-order valence-electron chi connectivity index (χ1n) is 6.23. The van der Waals surface area contributed by atoms with Crippen LogP contribution in [0.4, 0.5) is 0 Å². The average molecular weight is 223 g/mol. The van der Waals surface area contributed by atoms with E-state index in [0.29, 0.717) is 17.9 Å². The van der Waals surface area contributed by atoms with E-state index in [1.165, 1.54) is 5.56 Å². The first kappa shape index (κ1) is 13.2. The minimum atomic E-state index is 0.549. The van der Waals surface area contributed by atoms with Gasteiger partial charge in [-0.3, -0.25) is 4.68 Å². The Kier molecular flexibility index (Phi) is 5.00. The number of nitrogens with zero attached hydrogens (tertiary/aromatic N) is 2. The number of hydrogen-bond donors (Lipinski definition) is 1. The summed E-state index contributed by atoms with van der Waals surface area (Å²) in [6.45, 7) is 13.0. The Labute approximate surface area is 99.2 Å². The van der Waals surface area contributed by atoms with E-state index in [9.17, 15) is 0 Å². The van der Waals surface area contributed by atoms with Gasteiger partial charge in [-0.05, 0) is 18.8 Å². The monoisotopic (exact) mass is 223 g/mol. The largest absolute Gasteiger partial charge is 0.310 e. The molecule has 92 valence electrons. The number of hydrogen-bond acceptors (Lipinski definition) is 2. The van der Waals surface area contributed by atoms with Gasteiger partial charge in [-0.15, -0.1) is 0 Å². The fourth-order valence-electron chi connectivity index (χ4n) is 1.49. The molecule has 0 aliphatic carbocycles. The highest BCUT2D eigenvalue weighted by atomic mass is 15.3. The molecule has 1 unspecified atom stereocenters. The van der Waals surface area contributed by atoms with Crippen molar-refractivity contribution >= 4 is 0 Å². The van der Waals surface area contributed by atoms with Gasteiger partial charge in [0.15, 0.2) is 0 Å². The first-order valence-corrected chi connectivity index (χ1v) is 6.23. The lowest BCUT2D eigenvalue weighted by atomic mass is 10.1. The Morgan fingerprint density at radius 2 is 1.94 bits per heavy atom. The van der Waals surface area contributed by atoms with Crippen LogP contribution in [0.1, 0.15) is 40.2 Å².